The summed E-state index contributed by atoms with van der Waals surface area (Å²) in [5.74, 6) is -0.431. The third-order valence-electron chi connectivity index (χ3n) is 5.21. The largest absolute Gasteiger partial charge is 0.496 e. The van der Waals surface area contributed by atoms with E-state index >= 15 is 0 Å². The molecule has 0 aliphatic carbocycles. The van der Waals surface area contributed by atoms with Gasteiger partial charge >= 0.3 is 11.8 Å². The van der Waals surface area contributed by atoms with Crippen LogP contribution < -0.4 is 20.2 Å². The first-order valence-electron chi connectivity index (χ1n) is 10.7. The maximum atomic E-state index is 12.2. The molecular formula is C26H25Cl2N3O4. The first kappa shape index (κ1) is 26.1. The maximum Gasteiger partial charge on any atom is 0.329 e. The number of halogens is 2. The Balaban J connectivity index is 1.64. The quantitative estimate of drug-likeness (QED) is 0.244. The summed E-state index contributed by atoms with van der Waals surface area (Å²) in [5, 5.41) is 7.60. The highest BCUT2D eigenvalue weighted by Gasteiger charge is 2.15. The molecule has 0 atom stereocenters. The van der Waals surface area contributed by atoms with Gasteiger partial charge in [-0.25, -0.2) is 5.43 Å². The smallest absolute Gasteiger partial charge is 0.329 e. The number of carbonyl (C=O) groups excluding carboxylic acids is 2. The number of hydrazone groups is 1. The Hall–Kier alpha value is -3.55. The van der Waals surface area contributed by atoms with Gasteiger partial charge in [-0.15, -0.1) is 0 Å². The molecule has 0 spiro atoms. The highest BCUT2D eigenvalue weighted by atomic mass is 35.5. The molecule has 0 aromatic heterocycles. The van der Waals surface area contributed by atoms with Gasteiger partial charge in [-0.2, -0.15) is 5.10 Å². The molecule has 2 N–H and O–H groups in total. The molecule has 3 aromatic carbocycles. The number of methoxy groups -OCH3 is 1. The number of ether oxygens (including phenoxy) is 2. The zero-order valence-electron chi connectivity index (χ0n) is 19.7. The number of hydrogen-bond donors (Lipinski definition) is 2. The van der Waals surface area contributed by atoms with Crippen molar-refractivity contribution in [2.24, 2.45) is 5.10 Å². The monoisotopic (exact) mass is 513 g/mol. The number of rotatable bonds is 7. The number of nitrogens with zero attached hydrogens (tertiary/aromatic N) is 1. The lowest BCUT2D eigenvalue weighted by Gasteiger charge is -2.13. The van der Waals surface area contributed by atoms with E-state index in [2.05, 4.69) is 15.8 Å². The molecule has 9 heteroatoms. The van der Waals surface area contributed by atoms with E-state index in [1.54, 1.807) is 44.4 Å². The molecule has 0 saturated carbocycles. The van der Waals surface area contributed by atoms with E-state index in [9.17, 15) is 9.59 Å². The first-order chi connectivity index (χ1) is 16.7. The van der Waals surface area contributed by atoms with Crippen LogP contribution in [0, 0.1) is 20.8 Å². The van der Waals surface area contributed by atoms with E-state index in [-0.39, 0.29) is 6.61 Å². The van der Waals surface area contributed by atoms with Crippen molar-refractivity contribution in [1.82, 2.24) is 5.43 Å². The maximum absolute atomic E-state index is 12.2. The second-order valence-corrected chi connectivity index (χ2v) is 8.58. The summed E-state index contributed by atoms with van der Waals surface area (Å²) in [4.78, 5) is 24.3. The summed E-state index contributed by atoms with van der Waals surface area (Å²) in [7, 11) is 1.57. The summed E-state index contributed by atoms with van der Waals surface area (Å²) >= 11 is 12.3. The Morgan fingerprint density at radius 1 is 1.00 bits per heavy atom. The van der Waals surface area contributed by atoms with Crippen molar-refractivity contribution in [1.29, 1.82) is 0 Å². The third-order valence-corrected chi connectivity index (χ3v) is 6.22. The first-order valence-corrected chi connectivity index (χ1v) is 11.4. The number of benzene rings is 3. The minimum atomic E-state index is -0.911. The van der Waals surface area contributed by atoms with Crippen LogP contribution in [0.25, 0.3) is 0 Å². The highest BCUT2D eigenvalue weighted by molar-refractivity contribution is 6.40. The molecule has 0 aliphatic heterocycles. The van der Waals surface area contributed by atoms with Crippen molar-refractivity contribution < 1.29 is 19.1 Å². The molecule has 7 nitrogen and oxygen atoms in total. The zero-order chi connectivity index (χ0) is 25.5. The molecule has 3 aromatic rings. The lowest BCUT2D eigenvalue weighted by atomic mass is 10.1. The second-order valence-electron chi connectivity index (χ2n) is 7.80. The van der Waals surface area contributed by atoms with E-state index in [1.165, 1.54) is 6.21 Å². The summed E-state index contributed by atoms with van der Waals surface area (Å²) < 4.78 is 11.4. The number of nitrogens with one attached hydrogen (secondary N) is 2. The van der Waals surface area contributed by atoms with Crippen molar-refractivity contribution >= 4 is 46.9 Å². The minimum Gasteiger partial charge on any atom is -0.496 e. The third kappa shape index (κ3) is 6.74. The van der Waals surface area contributed by atoms with Crippen molar-refractivity contribution in [3.8, 4) is 11.5 Å². The van der Waals surface area contributed by atoms with Gasteiger partial charge in [0.2, 0.25) is 0 Å². The van der Waals surface area contributed by atoms with Crippen molar-refractivity contribution in [2.75, 3.05) is 12.4 Å². The van der Waals surface area contributed by atoms with E-state index in [4.69, 9.17) is 32.7 Å². The number of hydrogen-bond acceptors (Lipinski definition) is 5. The minimum absolute atomic E-state index is 0.249. The Bertz CT molecular complexity index is 1270. The molecule has 0 unspecified atom stereocenters. The molecule has 0 heterocycles. The lowest BCUT2D eigenvalue weighted by molar-refractivity contribution is -0.136. The Morgan fingerprint density at radius 2 is 1.71 bits per heavy atom. The van der Waals surface area contributed by atoms with Gasteiger partial charge in [-0.1, -0.05) is 29.3 Å². The van der Waals surface area contributed by atoms with Crippen LogP contribution in [0.1, 0.15) is 27.8 Å². The van der Waals surface area contributed by atoms with Crippen LogP contribution in [0.4, 0.5) is 5.69 Å². The fraction of sp³-hybridized carbons (Fsp3) is 0.192. The van der Waals surface area contributed by atoms with Crippen LogP contribution in [0.5, 0.6) is 11.5 Å². The van der Waals surface area contributed by atoms with Crippen LogP contribution in [0.15, 0.2) is 53.6 Å². The van der Waals surface area contributed by atoms with Crippen molar-refractivity contribution in [3.05, 3.63) is 86.4 Å². The Kier molecular flexibility index (Phi) is 8.73. The van der Waals surface area contributed by atoms with Crippen LogP contribution in [0.3, 0.4) is 0 Å². The molecule has 0 aliphatic rings. The highest BCUT2D eigenvalue weighted by Crippen LogP contribution is 2.28. The molecule has 0 bridgehead atoms. The van der Waals surface area contributed by atoms with Gasteiger partial charge in [-0.3, -0.25) is 9.59 Å². The zero-order valence-corrected chi connectivity index (χ0v) is 21.3. The normalized spacial score (nSPS) is 10.8. The van der Waals surface area contributed by atoms with E-state index < -0.39 is 11.8 Å². The number of carbonyl (C=O) groups is 2. The number of anilines is 1. The molecule has 0 saturated heterocycles. The van der Waals surface area contributed by atoms with Gasteiger partial charge in [0.15, 0.2) is 0 Å². The van der Waals surface area contributed by atoms with E-state index in [1.807, 2.05) is 32.0 Å². The molecule has 3 rings (SSSR count). The van der Waals surface area contributed by atoms with Crippen molar-refractivity contribution in [3.63, 3.8) is 0 Å². The summed E-state index contributed by atoms with van der Waals surface area (Å²) in [6.07, 6.45) is 1.43. The van der Waals surface area contributed by atoms with E-state index in [0.717, 1.165) is 16.7 Å². The van der Waals surface area contributed by atoms with Gasteiger partial charge in [0, 0.05) is 21.3 Å². The number of aryl methyl sites for hydroxylation is 2. The standard InChI is InChI=1S/C26H25Cl2N3O4/c1-15-10-20(11-16(2)24(15)28)35-14-19-12-18(8-9-23(19)34-4)13-29-31-26(33)25(32)30-22-7-5-6-21(27)17(22)3/h5-13H,14H2,1-4H3,(H,30,32)(H,31,33)/b29-13+. The predicted octanol–water partition coefficient (Wildman–Crippen LogP) is 5.60. The fourth-order valence-electron chi connectivity index (χ4n) is 3.28. The van der Waals surface area contributed by atoms with Crippen LogP contribution in [-0.4, -0.2) is 25.1 Å². The lowest BCUT2D eigenvalue weighted by Crippen LogP contribution is -2.32. The van der Waals surface area contributed by atoms with Gasteiger partial charge in [-0.05, 0) is 85.5 Å². The summed E-state index contributed by atoms with van der Waals surface area (Å²) in [6.45, 7) is 5.84. The van der Waals surface area contributed by atoms with Crippen LogP contribution in [-0.2, 0) is 16.2 Å². The fourth-order valence-corrected chi connectivity index (χ4v) is 3.56. The topological polar surface area (TPSA) is 89.0 Å². The van der Waals surface area contributed by atoms with Gasteiger partial charge in [0.1, 0.15) is 18.1 Å². The van der Waals surface area contributed by atoms with Gasteiger partial charge in [0.25, 0.3) is 0 Å². The Morgan fingerprint density at radius 3 is 2.40 bits per heavy atom. The summed E-state index contributed by atoms with van der Waals surface area (Å²) in [6, 6.07) is 14.1. The molecule has 2 amide bonds. The number of amides is 2. The van der Waals surface area contributed by atoms with E-state index in [0.29, 0.717) is 38.4 Å². The van der Waals surface area contributed by atoms with Crippen LogP contribution >= 0.6 is 23.2 Å². The molecule has 0 fully saturated rings. The second kappa shape index (κ2) is 11.7. The predicted molar refractivity (Wildman–Crippen MR) is 139 cm³/mol. The van der Waals surface area contributed by atoms with Gasteiger partial charge < -0.3 is 14.8 Å². The molecular weight excluding hydrogens is 489 g/mol. The average Bonchev–Trinajstić information content (AvgIpc) is 2.83. The van der Waals surface area contributed by atoms with Crippen molar-refractivity contribution in [2.45, 2.75) is 27.4 Å². The molecule has 0 radical (unpaired) electrons. The SMILES string of the molecule is COc1ccc(/C=N/NC(=O)C(=O)Nc2cccc(Cl)c2C)cc1COc1cc(C)c(Cl)c(C)c1. The van der Waals surface area contributed by atoms with Gasteiger partial charge in [0.05, 0.1) is 13.3 Å². The van der Waals surface area contributed by atoms with Crippen LogP contribution in [0.2, 0.25) is 10.0 Å². The summed E-state index contributed by atoms with van der Waals surface area (Å²) in [5.41, 5.74) is 6.65. The molecule has 182 valence electrons. The molecule has 35 heavy (non-hydrogen) atoms. The average molecular weight is 514 g/mol. The Labute approximate surface area is 214 Å².